The van der Waals surface area contributed by atoms with Crippen LogP contribution in [0.4, 0.5) is 17.3 Å². The summed E-state index contributed by atoms with van der Waals surface area (Å²) in [5, 5.41) is 14.0. The van der Waals surface area contributed by atoms with Crippen LogP contribution in [0.25, 0.3) is 0 Å². The van der Waals surface area contributed by atoms with Gasteiger partial charge in [0.2, 0.25) is 11.6 Å². The van der Waals surface area contributed by atoms with Crippen molar-refractivity contribution in [2.75, 3.05) is 50.1 Å². The van der Waals surface area contributed by atoms with Gasteiger partial charge in [-0.25, -0.2) is 15.0 Å². The number of nitrogens with zero attached hydrogens (tertiary/aromatic N) is 6. The molecule has 1 aromatic heterocycles. The molecule has 2 saturated heterocycles. The van der Waals surface area contributed by atoms with Gasteiger partial charge in [-0.05, 0) is 37.1 Å². The zero-order valence-electron chi connectivity index (χ0n) is 17.3. The molecule has 154 valence electrons. The molecule has 3 aliphatic rings. The first-order chi connectivity index (χ1) is 13.2. The van der Waals surface area contributed by atoms with E-state index in [1.54, 1.807) is 0 Å². The molecular weight excluding hydrogens is 358 g/mol. The number of hydrazine groups is 1. The summed E-state index contributed by atoms with van der Waals surface area (Å²) < 4.78 is 0. The lowest BCUT2D eigenvalue weighted by atomic mass is 9.65. The summed E-state index contributed by atoms with van der Waals surface area (Å²) >= 11 is 0. The Labute approximate surface area is 166 Å². The van der Waals surface area contributed by atoms with Crippen molar-refractivity contribution in [3.05, 3.63) is 16.4 Å². The van der Waals surface area contributed by atoms with Crippen LogP contribution in [-0.4, -0.2) is 70.6 Å². The van der Waals surface area contributed by atoms with E-state index in [-0.39, 0.29) is 21.4 Å². The van der Waals surface area contributed by atoms with E-state index in [0.29, 0.717) is 17.7 Å². The van der Waals surface area contributed by atoms with E-state index in [2.05, 4.69) is 53.0 Å². The highest BCUT2D eigenvalue weighted by molar-refractivity contribution is 5.71. The molecule has 28 heavy (non-hydrogen) atoms. The van der Waals surface area contributed by atoms with E-state index in [1.165, 1.54) is 6.33 Å². The second-order valence-corrected chi connectivity index (χ2v) is 9.90. The van der Waals surface area contributed by atoms with E-state index < -0.39 is 0 Å². The molecule has 4 rings (SSSR count). The minimum Gasteiger partial charge on any atom is -0.347 e. The van der Waals surface area contributed by atoms with Gasteiger partial charge in [0.05, 0.1) is 4.92 Å². The number of rotatable bonds is 4. The highest BCUT2D eigenvalue weighted by Crippen LogP contribution is 2.54. The number of nitrogens with one attached hydrogen (secondary N) is 1. The lowest BCUT2D eigenvalue weighted by Crippen LogP contribution is -2.47. The standard InChI is InChI=1S/C19H31N7O2/c1-18(2)9-14-10-19(3,11-18)12-25(14)17-15(26(27)28)16(20-13-21-17)22-24-7-5-23(4)6-8-24/h13-14H,5-12H2,1-4H3,(H,20,21,22). The molecule has 1 saturated carbocycles. The molecule has 2 atom stereocenters. The summed E-state index contributed by atoms with van der Waals surface area (Å²) in [5.41, 5.74) is 3.61. The maximum absolute atomic E-state index is 12.0. The summed E-state index contributed by atoms with van der Waals surface area (Å²) in [5.74, 6) is 0.758. The highest BCUT2D eigenvalue weighted by Gasteiger charge is 2.51. The van der Waals surface area contributed by atoms with Crippen molar-refractivity contribution in [2.45, 2.75) is 46.1 Å². The Morgan fingerprint density at radius 3 is 2.57 bits per heavy atom. The molecule has 3 heterocycles. The van der Waals surface area contributed by atoms with E-state index in [1.807, 2.05) is 5.01 Å². The van der Waals surface area contributed by atoms with Crippen LogP contribution >= 0.6 is 0 Å². The average molecular weight is 390 g/mol. The molecule has 1 aromatic rings. The van der Waals surface area contributed by atoms with Crippen LogP contribution in [0.5, 0.6) is 0 Å². The number of aromatic nitrogens is 2. The molecule has 9 heteroatoms. The van der Waals surface area contributed by atoms with Gasteiger partial charge in [0.25, 0.3) is 0 Å². The van der Waals surface area contributed by atoms with Gasteiger partial charge < -0.3 is 9.80 Å². The molecule has 1 aliphatic carbocycles. The molecule has 3 fully saturated rings. The molecule has 0 spiro atoms. The van der Waals surface area contributed by atoms with E-state index in [9.17, 15) is 10.1 Å². The van der Waals surface area contributed by atoms with Crippen molar-refractivity contribution in [1.29, 1.82) is 0 Å². The van der Waals surface area contributed by atoms with Gasteiger partial charge in [-0.3, -0.25) is 15.5 Å². The SMILES string of the molecule is CN1CCN(Nc2ncnc(N3CC4(C)CC3CC(C)(C)C4)c2[N+](=O)[O-])CC1. The third-order valence-electron chi connectivity index (χ3n) is 6.44. The molecule has 0 aromatic carbocycles. The second kappa shape index (κ2) is 6.81. The van der Waals surface area contributed by atoms with Crippen molar-refractivity contribution < 1.29 is 4.92 Å². The fourth-order valence-electron chi connectivity index (χ4n) is 5.61. The molecule has 0 radical (unpaired) electrons. The quantitative estimate of drug-likeness (QED) is 0.620. The number of hydrogen-bond donors (Lipinski definition) is 1. The van der Waals surface area contributed by atoms with Crippen molar-refractivity contribution in [3.63, 3.8) is 0 Å². The summed E-state index contributed by atoms with van der Waals surface area (Å²) in [6.07, 6.45) is 4.69. The third kappa shape index (κ3) is 3.65. The lowest BCUT2D eigenvalue weighted by molar-refractivity contribution is -0.383. The predicted octanol–water partition coefficient (Wildman–Crippen LogP) is 2.36. The summed E-state index contributed by atoms with van der Waals surface area (Å²) in [4.78, 5) is 24.7. The Kier molecular flexibility index (Phi) is 4.70. The largest absolute Gasteiger partial charge is 0.354 e. The first kappa shape index (κ1) is 19.3. The molecule has 2 aliphatic heterocycles. The zero-order chi connectivity index (χ0) is 20.1. The summed E-state index contributed by atoms with van der Waals surface area (Å²) in [7, 11) is 2.08. The number of nitro groups is 1. The van der Waals surface area contributed by atoms with Crippen LogP contribution in [-0.2, 0) is 0 Å². The molecule has 9 nitrogen and oxygen atoms in total. The van der Waals surface area contributed by atoms with Crippen LogP contribution < -0.4 is 10.3 Å². The zero-order valence-corrected chi connectivity index (χ0v) is 17.3. The summed E-state index contributed by atoms with van der Waals surface area (Å²) in [6.45, 7) is 11.1. The number of anilines is 2. The van der Waals surface area contributed by atoms with Gasteiger partial charge in [0.1, 0.15) is 6.33 Å². The van der Waals surface area contributed by atoms with Gasteiger partial charge in [-0.2, -0.15) is 0 Å². The van der Waals surface area contributed by atoms with E-state index in [0.717, 1.165) is 52.0 Å². The summed E-state index contributed by atoms with van der Waals surface area (Å²) in [6, 6.07) is 0.291. The van der Waals surface area contributed by atoms with Crippen LogP contribution in [0.2, 0.25) is 0 Å². The molecule has 2 unspecified atom stereocenters. The van der Waals surface area contributed by atoms with Crippen LogP contribution in [0.15, 0.2) is 6.33 Å². The Hall–Kier alpha value is -2.00. The Morgan fingerprint density at radius 2 is 1.89 bits per heavy atom. The Bertz CT molecular complexity index is 763. The van der Waals surface area contributed by atoms with Crippen molar-refractivity contribution >= 4 is 17.3 Å². The number of fused-ring (bicyclic) bond motifs is 2. The maximum atomic E-state index is 12.0. The third-order valence-corrected chi connectivity index (χ3v) is 6.44. The fourth-order valence-corrected chi connectivity index (χ4v) is 5.61. The van der Waals surface area contributed by atoms with Gasteiger partial charge >= 0.3 is 5.69 Å². The van der Waals surface area contributed by atoms with E-state index in [4.69, 9.17) is 0 Å². The number of likely N-dealkylation sites (N-methyl/N-ethyl adjacent to an activating group) is 1. The molecule has 2 bridgehead atoms. The highest BCUT2D eigenvalue weighted by atomic mass is 16.6. The van der Waals surface area contributed by atoms with Crippen molar-refractivity contribution in [2.24, 2.45) is 10.8 Å². The first-order valence-electron chi connectivity index (χ1n) is 10.1. The number of piperazine rings is 1. The van der Waals surface area contributed by atoms with Crippen LogP contribution in [0.1, 0.15) is 40.0 Å². The first-order valence-corrected chi connectivity index (χ1v) is 10.1. The van der Waals surface area contributed by atoms with E-state index >= 15 is 0 Å². The van der Waals surface area contributed by atoms with Gasteiger partial charge in [0.15, 0.2) is 0 Å². The minimum atomic E-state index is -0.330. The monoisotopic (exact) mass is 389 g/mol. The Balaban J connectivity index is 1.64. The smallest absolute Gasteiger partial charge is 0.347 e. The van der Waals surface area contributed by atoms with Crippen molar-refractivity contribution in [1.82, 2.24) is 19.9 Å². The van der Waals surface area contributed by atoms with Gasteiger partial charge in [-0.1, -0.05) is 20.8 Å². The van der Waals surface area contributed by atoms with Gasteiger partial charge in [-0.15, -0.1) is 0 Å². The lowest BCUT2D eigenvalue weighted by Gasteiger charge is -2.39. The van der Waals surface area contributed by atoms with Crippen LogP contribution in [0, 0.1) is 20.9 Å². The second-order valence-electron chi connectivity index (χ2n) is 9.90. The maximum Gasteiger partial charge on any atom is 0.354 e. The fraction of sp³-hybridized carbons (Fsp3) is 0.789. The van der Waals surface area contributed by atoms with Crippen LogP contribution in [0.3, 0.4) is 0 Å². The average Bonchev–Trinajstić information content (AvgIpc) is 2.85. The normalized spacial score (nSPS) is 30.4. The number of hydrogen-bond acceptors (Lipinski definition) is 8. The van der Waals surface area contributed by atoms with Crippen molar-refractivity contribution in [3.8, 4) is 0 Å². The topological polar surface area (TPSA) is 90.7 Å². The molecule has 1 N–H and O–H groups in total. The Morgan fingerprint density at radius 1 is 1.18 bits per heavy atom. The predicted molar refractivity (Wildman–Crippen MR) is 108 cm³/mol. The minimum absolute atomic E-state index is 0.00427. The molecule has 0 amide bonds. The van der Waals surface area contributed by atoms with Gasteiger partial charge in [0, 0.05) is 38.8 Å². The molecular formula is C19H31N7O2.